The van der Waals surface area contributed by atoms with Crippen molar-refractivity contribution >= 4 is 5.97 Å². The van der Waals surface area contributed by atoms with Gasteiger partial charge in [0.25, 0.3) is 0 Å². The van der Waals surface area contributed by atoms with E-state index in [0.717, 1.165) is 12.8 Å². The molecule has 9 heavy (non-hydrogen) atoms. The molecule has 0 amide bonds. The fourth-order valence-electron chi connectivity index (χ4n) is 0.444. The fraction of sp³-hybridized carbons (Fsp3) is 0.571. The molecule has 0 rings (SSSR count). The van der Waals surface area contributed by atoms with Crippen molar-refractivity contribution in [1.29, 1.82) is 0 Å². The highest BCUT2D eigenvalue weighted by atomic mass is 16.4. The zero-order valence-corrected chi connectivity index (χ0v) is 5.81. The molecule has 0 saturated carbocycles. The van der Waals surface area contributed by atoms with Crippen molar-refractivity contribution in [3.05, 3.63) is 11.6 Å². The average molecular weight is 127 g/mol. The van der Waals surface area contributed by atoms with Crippen LogP contribution in [-0.4, -0.2) is 5.97 Å². The zero-order valence-electron chi connectivity index (χ0n) is 5.81. The molecule has 1 radical (unpaired) electrons. The molecule has 51 valence electrons. The lowest BCUT2D eigenvalue weighted by atomic mass is 10.2. The van der Waals surface area contributed by atoms with Gasteiger partial charge < -0.3 is 0 Å². The van der Waals surface area contributed by atoms with Crippen LogP contribution in [0, 0.1) is 0 Å². The Balaban J connectivity index is 3.69. The van der Waals surface area contributed by atoms with Crippen LogP contribution in [0.4, 0.5) is 0 Å². The molecule has 0 bridgehead atoms. The Bertz CT molecular complexity index is 125. The summed E-state index contributed by atoms with van der Waals surface area (Å²) >= 11 is 0. The van der Waals surface area contributed by atoms with Crippen LogP contribution < -0.4 is 0 Å². The molecule has 2 heteroatoms. The summed E-state index contributed by atoms with van der Waals surface area (Å²) in [6, 6.07) is 0. The number of hydrogen-bond acceptors (Lipinski definition) is 1. The Morgan fingerprint density at radius 1 is 1.56 bits per heavy atom. The van der Waals surface area contributed by atoms with E-state index in [-0.39, 0.29) is 0 Å². The molecule has 0 aliphatic carbocycles. The van der Waals surface area contributed by atoms with Crippen LogP contribution in [0.2, 0.25) is 0 Å². The number of carbonyl (C=O) groups is 1. The van der Waals surface area contributed by atoms with E-state index in [2.05, 4.69) is 0 Å². The standard InChI is InChI=1S/C7H11O2/c1-3-4-5-6(2)7(8)9/h5H,3-4H2,1-2H3. The van der Waals surface area contributed by atoms with Gasteiger partial charge in [-0.2, -0.15) is 0 Å². The topological polar surface area (TPSA) is 37.0 Å². The molecular weight excluding hydrogens is 116 g/mol. The van der Waals surface area contributed by atoms with Gasteiger partial charge in [-0.05, 0) is 13.3 Å². The van der Waals surface area contributed by atoms with Crippen molar-refractivity contribution in [3.8, 4) is 0 Å². The molecule has 0 fully saturated rings. The monoisotopic (exact) mass is 127 g/mol. The average Bonchev–Trinajstić information content (AvgIpc) is 1.82. The normalized spacial score (nSPS) is 11.6. The van der Waals surface area contributed by atoms with Crippen molar-refractivity contribution in [2.75, 3.05) is 0 Å². The van der Waals surface area contributed by atoms with Gasteiger partial charge in [-0.15, -0.1) is 0 Å². The second kappa shape index (κ2) is 4.13. The Kier molecular flexibility index (Phi) is 3.76. The second-order valence-corrected chi connectivity index (χ2v) is 1.96. The number of unbranched alkanes of at least 4 members (excludes halogenated alkanes) is 1. The van der Waals surface area contributed by atoms with E-state index in [9.17, 15) is 9.90 Å². The van der Waals surface area contributed by atoms with Crippen molar-refractivity contribution in [1.82, 2.24) is 0 Å². The highest BCUT2D eigenvalue weighted by molar-refractivity contribution is 5.85. The van der Waals surface area contributed by atoms with Gasteiger partial charge in [0, 0.05) is 5.57 Å². The number of carbonyl (C=O) groups excluding carboxylic acids is 1. The first-order chi connectivity index (χ1) is 4.18. The smallest absolute Gasteiger partial charge is 0.242 e. The summed E-state index contributed by atoms with van der Waals surface area (Å²) in [5.74, 6) is -1.07. The molecule has 0 atom stereocenters. The summed E-state index contributed by atoms with van der Waals surface area (Å²) in [6.07, 6.45) is 3.47. The first-order valence-electron chi connectivity index (χ1n) is 3.06. The van der Waals surface area contributed by atoms with Crippen LogP contribution in [0.5, 0.6) is 0 Å². The SMILES string of the molecule is CCCC=C(C)C([O])=O. The minimum Gasteiger partial charge on any atom is -0.242 e. The molecular formula is C7H11O2. The summed E-state index contributed by atoms with van der Waals surface area (Å²) in [7, 11) is 0. The maximum atomic E-state index is 10.0. The molecule has 0 unspecified atom stereocenters. The highest BCUT2D eigenvalue weighted by Crippen LogP contribution is 1.97. The third-order valence-electron chi connectivity index (χ3n) is 1.06. The first kappa shape index (κ1) is 8.21. The van der Waals surface area contributed by atoms with Gasteiger partial charge in [-0.25, -0.2) is 9.90 Å². The first-order valence-corrected chi connectivity index (χ1v) is 3.06. The molecule has 0 aliphatic rings. The predicted molar refractivity (Wildman–Crippen MR) is 34.4 cm³/mol. The van der Waals surface area contributed by atoms with Gasteiger partial charge in [0.2, 0.25) is 0 Å². The third kappa shape index (κ3) is 3.76. The Morgan fingerprint density at radius 3 is 2.44 bits per heavy atom. The molecule has 0 aromatic heterocycles. The minimum absolute atomic E-state index is 0.330. The Morgan fingerprint density at radius 2 is 2.11 bits per heavy atom. The van der Waals surface area contributed by atoms with E-state index in [1.165, 1.54) is 0 Å². The molecule has 2 nitrogen and oxygen atoms in total. The quantitative estimate of drug-likeness (QED) is 0.531. The summed E-state index contributed by atoms with van der Waals surface area (Å²) in [4.78, 5) is 10.0. The van der Waals surface area contributed by atoms with E-state index in [1.807, 2.05) is 6.92 Å². The van der Waals surface area contributed by atoms with E-state index in [1.54, 1.807) is 13.0 Å². The van der Waals surface area contributed by atoms with Crippen LogP contribution in [0.1, 0.15) is 26.7 Å². The number of rotatable bonds is 3. The molecule has 0 aromatic carbocycles. The van der Waals surface area contributed by atoms with Crippen molar-refractivity contribution in [2.24, 2.45) is 0 Å². The molecule has 0 N–H and O–H groups in total. The largest absolute Gasteiger partial charge is 0.381 e. The molecule has 0 aromatic rings. The van der Waals surface area contributed by atoms with Crippen LogP contribution >= 0.6 is 0 Å². The molecule has 0 aliphatic heterocycles. The predicted octanol–water partition coefficient (Wildman–Crippen LogP) is 1.69. The van der Waals surface area contributed by atoms with Gasteiger partial charge in [0.05, 0.1) is 0 Å². The third-order valence-corrected chi connectivity index (χ3v) is 1.06. The maximum Gasteiger partial charge on any atom is 0.381 e. The van der Waals surface area contributed by atoms with Crippen molar-refractivity contribution < 1.29 is 9.90 Å². The minimum atomic E-state index is -1.07. The lowest BCUT2D eigenvalue weighted by Gasteiger charge is -1.87. The van der Waals surface area contributed by atoms with Crippen LogP contribution in [0.3, 0.4) is 0 Å². The van der Waals surface area contributed by atoms with Crippen LogP contribution in [0.15, 0.2) is 11.6 Å². The summed E-state index contributed by atoms with van der Waals surface area (Å²) in [5, 5.41) is 10.0. The van der Waals surface area contributed by atoms with Crippen molar-refractivity contribution in [2.45, 2.75) is 26.7 Å². The van der Waals surface area contributed by atoms with E-state index in [4.69, 9.17) is 0 Å². The van der Waals surface area contributed by atoms with Crippen LogP contribution in [-0.2, 0) is 9.90 Å². The zero-order chi connectivity index (χ0) is 7.28. The van der Waals surface area contributed by atoms with Crippen molar-refractivity contribution in [3.63, 3.8) is 0 Å². The summed E-state index contributed by atoms with van der Waals surface area (Å²) < 4.78 is 0. The summed E-state index contributed by atoms with van der Waals surface area (Å²) in [6.45, 7) is 3.55. The van der Waals surface area contributed by atoms with E-state index in [0.29, 0.717) is 5.57 Å². The highest BCUT2D eigenvalue weighted by Gasteiger charge is 1.99. The lowest BCUT2D eigenvalue weighted by Crippen LogP contribution is -1.92. The summed E-state index contributed by atoms with van der Waals surface area (Å²) in [5.41, 5.74) is 0.330. The Labute approximate surface area is 55.2 Å². The fourth-order valence-corrected chi connectivity index (χ4v) is 0.444. The van der Waals surface area contributed by atoms with Crippen LogP contribution in [0.25, 0.3) is 0 Å². The molecule has 0 spiro atoms. The molecule has 0 heterocycles. The maximum absolute atomic E-state index is 10.0. The van der Waals surface area contributed by atoms with Gasteiger partial charge in [-0.3, -0.25) is 0 Å². The number of allylic oxidation sites excluding steroid dienone is 1. The lowest BCUT2D eigenvalue weighted by molar-refractivity contribution is -0.138. The molecule has 0 saturated heterocycles. The second-order valence-electron chi connectivity index (χ2n) is 1.96. The number of hydrogen-bond donors (Lipinski definition) is 0. The van der Waals surface area contributed by atoms with E-state index >= 15 is 0 Å². The Hall–Kier alpha value is -0.790. The van der Waals surface area contributed by atoms with Gasteiger partial charge in [0.15, 0.2) is 0 Å². The van der Waals surface area contributed by atoms with E-state index < -0.39 is 5.97 Å². The van der Waals surface area contributed by atoms with Gasteiger partial charge in [-0.1, -0.05) is 19.4 Å². The van der Waals surface area contributed by atoms with Gasteiger partial charge >= 0.3 is 5.97 Å². The van der Waals surface area contributed by atoms with Gasteiger partial charge in [0.1, 0.15) is 0 Å².